The Kier molecular flexibility index (Phi) is 7.02. The second-order valence-corrected chi connectivity index (χ2v) is 9.37. The summed E-state index contributed by atoms with van der Waals surface area (Å²) in [4.78, 5) is 10.2. The van der Waals surface area contributed by atoms with Gasteiger partial charge in [0.25, 0.3) is 15.7 Å². The molecule has 3 aromatic carbocycles. The average molecular weight is 493 g/mol. The van der Waals surface area contributed by atoms with Crippen molar-refractivity contribution in [1.82, 2.24) is 0 Å². The molecule has 0 spiro atoms. The number of nitro groups is 1. The van der Waals surface area contributed by atoms with E-state index in [0.717, 1.165) is 11.6 Å². The van der Waals surface area contributed by atoms with E-state index in [2.05, 4.69) is 15.2 Å². The lowest BCUT2D eigenvalue weighted by atomic mass is 10.1. The lowest BCUT2D eigenvalue weighted by Gasteiger charge is -2.14. The van der Waals surface area contributed by atoms with Crippen molar-refractivity contribution in [2.45, 2.75) is 18.7 Å². The lowest BCUT2D eigenvalue weighted by molar-refractivity contribution is -0.385. The Labute approximate surface area is 195 Å². The second-order valence-electron chi connectivity index (χ2n) is 6.90. The molecular formula is C21H18Cl2N4O4S. The van der Waals surface area contributed by atoms with Crippen molar-refractivity contribution in [2.24, 2.45) is 5.10 Å². The molecule has 3 aromatic rings. The number of nitro benzene ring substituents is 1. The van der Waals surface area contributed by atoms with E-state index in [1.165, 1.54) is 18.3 Å². The van der Waals surface area contributed by atoms with E-state index in [1.54, 1.807) is 37.3 Å². The van der Waals surface area contributed by atoms with Crippen LogP contribution in [0.3, 0.4) is 0 Å². The zero-order chi connectivity index (χ0) is 23.5. The van der Waals surface area contributed by atoms with Crippen LogP contribution in [0.2, 0.25) is 10.0 Å². The molecule has 8 nitrogen and oxygen atoms in total. The van der Waals surface area contributed by atoms with Crippen LogP contribution in [0.25, 0.3) is 0 Å². The SMILES string of the molecule is Cc1ccc(NS(=O)(=O)c2cc([N+](=O)[O-])ccc2NN=Cc2ccc(Cl)c(Cl)c2)c(C)c1. The minimum Gasteiger partial charge on any atom is -0.279 e. The molecule has 0 aromatic heterocycles. The van der Waals surface area contributed by atoms with E-state index in [-0.39, 0.29) is 16.3 Å². The Morgan fingerprint density at radius 2 is 1.69 bits per heavy atom. The van der Waals surface area contributed by atoms with E-state index in [1.807, 2.05) is 13.0 Å². The fourth-order valence-electron chi connectivity index (χ4n) is 2.84. The van der Waals surface area contributed by atoms with Gasteiger partial charge >= 0.3 is 0 Å². The quantitative estimate of drug-likeness (QED) is 0.247. The number of hydrogen-bond acceptors (Lipinski definition) is 6. The maximum absolute atomic E-state index is 13.1. The van der Waals surface area contributed by atoms with Crippen molar-refractivity contribution in [1.29, 1.82) is 0 Å². The fraction of sp³-hybridized carbons (Fsp3) is 0.0952. The van der Waals surface area contributed by atoms with Crippen LogP contribution in [-0.2, 0) is 10.0 Å². The zero-order valence-electron chi connectivity index (χ0n) is 17.0. The largest absolute Gasteiger partial charge is 0.279 e. The van der Waals surface area contributed by atoms with E-state index in [4.69, 9.17) is 23.2 Å². The first-order chi connectivity index (χ1) is 15.1. The summed E-state index contributed by atoms with van der Waals surface area (Å²) < 4.78 is 28.7. The summed E-state index contributed by atoms with van der Waals surface area (Å²) in [6.07, 6.45) is 1.41. The molecule has 0 aliphatic carbocycles. The molecule has 0 radical (unpaired) electrons. The molecule has 3 rings (SSSR count). The molecular weight excluding hydrogens is 475 g/mol. The average Bonchev–Trinajstić information content (AvgIpc) is 2.72. The van der Waals surface area contributed by atoms with Gasteiger partial charge in [0.1, 0.15) is 4.90 Å². The highest BCUT2D eigenvalue weighted by Crippen LogP contribution is 2.29. The first kappa shape index (κ1) is 23.5. The third-order valence-electron chi connectivity index (χ3n) is 4.43. The Bertz CT molecular complexity index is 1330. The number of anilines is 2. The van der Waals surface area contributed by atoms with Crippen molar-refractivity contribution in [3.8, 4) is 0 Å². The van der Waals surface area contributed by atoms with Crippen LogP contribution in [-0.4, -0.2) is 19.6 Å². The first-order valence-electron chi connectivity index (χ1n) is 9.19. The molecule has 0 aliphatic rings. The second kappa shape index (κ2) is 9.56. The summed E-state index contributed by atoms with van der Waals surface area (Å²) in [5, 5.41) is 16.0. The van der Waals surface area contributed by atoms with Crippen molar-refractivity contribution < 1.29 is 13.3 Å². The number of non-ortho nitro benzene ring substituents is 1. The summed E-state index contributed by atoms with van der Waals surface area (Å²) >= 11 is 11.9. The topological polar surface area (TPSA) is 114 Å². The van der Waals surface area contributed by atoms with Gasteiger partial charge in [-0.15, -0.1) is 0 Å². The summed E-state index contributed by atoms with van der Waals surface area (Å²) in [6, 6.07) is 13.5. The number of nitrogens with one attached hydrogen (secondary N) is 2. The van der Waals surface area contributed by atoms with Crippen molar-refractivity contribution >= 4 is 56.5 Å². The zero-order valence-corrected chi connectivity index (χ0v) is 19.3. The molecule has 166 valence electrons. The van der Waals surface area contributed by atoms with Gasteiger partial charge in [0.2, 0.25) is 0 Å². The first-order valence-corrected chi connectivity index (χ1v) is 11.4. The highest BCUT2D eigenvalue weighted by Gasteiger charge is 2.23. The molecule has 0 heterocycles. The maximum Gasteiger partial charge on any atom is 0.270 e. The number of rotatable bonds is 7. The van der Waals surface area contributed by atoms with Gasteiger partial charge in [0.05, 0.1) is 32.6 Å². The number of benzene rings is 3. The Morgan fingerprint density at radius 3 is 2.34 bits per heavy atom. The summed E-state index contributed by atoms with van der Waals surface area (Å²) in [5.41, 5.74) is 4.99. The van der Waals surface area contributed by atoms with Gasteiger partial charge in [-0.1, -0.05) is 47.0 Å². The smallest absolute Gasteiger partial charge is 0.270 e. The molecule has 0 atom stereocenters. The number of sulfonamides is 1. The molecule has 0 fully saturated rings. The van der Waals surface area contributed by atoms with Crippen molar-refractivity contribution in [3.63, 3.8) is 0 Å². The van der Waals surface area contributed by atoms with Crippen molar-refractivity contribution in [2.75, 3.05) is 10.1 Å². The van der Waals surface area contributed by atoms with Gasteiger partial charge in [0.15, 0.2) is 0 Å². The minimum absolute atomic E-state index is 0.0594. The normalized spacial score (nSPS) is 11.5. The van der Waals surface area contributed by atoms with Crippen LogP contribution >= 0.6 is 23.2 Å². The monoisotopic (exact) mass is 492 g/mol. The van der Waals surface area contributed by atoms with Gasteiger partial charge in [-0.25, -0.2) is 8.42 Å². The predicted molar refractivity (Wildman–Crippen MR) is 127 cm³/mol. The number of hydrazone groups is 1. The van der Waals surface area contributed by atoms with Crippen molar-refractivity contribution in [3.05, 3.63) is 91.4 Å². The Morgan fingerprint density at radius 1 is 0.969 bits per heavy atom. The molecule has 0 unspecified atom stereocenters. The van der Waals surface area contributed by atoms with Crippen LogP contribution in [0.5, 0.6) is 0 Å². The van der Waals surface area contributed by atoms with Gasteiger partial charge in [-0.3, -0.25) is 20.3 Å². The fourth-order valence-corrected chi connectivity index (χ4v) is 4.45. The Balaban J connectivity index is 1.95. The van der Waals surface area contributed by atoms with E-state index < -0.39 is 14.9 Å². The molecule has 11 heteroatoms. The highest BCUT2D eigenvalue weighted by atomic mass is 35.5. The highest BCUT2D eigenvalue weighted by molar-refractivity contribution is 7.92. The standard InChI is InChI=1S/C21H18Cl2N4O4S/c1-13-3-7-19(14(2)9-13)26-32(30,31)21-11-16(27(28)29)5-8-20(21)25-24-12-15-4-6-17(22)18(23)10-15/h3-12,25-26H,1-2H3. The van der Waals surface area contributed by atoms with Crippen LogP contribution in [0.4, 0.5) is 17.1 Å². The lowest BCUT2D eigenvalue weighted by Crippen LogP contribution is -2.16. The van der Waals surface area contributed by atoms with E-state index >= 15 is 0 Å². The molecule has 0 bridgehead atoms. The Hall–Kier alpha value is -3.14. The molecule has 0 aliphatic heterocycles. The maximum atomic E-state index is 13.1. The predicted octanol–water partition coefficient (Wildman–Crippen LogP) is 5.77. The summed E-state index contributed by atoms with van der Waals surface area (Å²) in [6.45, 7) is 3.65. The number of hydrogen-bond donors (Lipinski definition) is 2. The molecule has 0 saturated heterocycles. The molecule has 2 N–H and O–H groups in total. The third kappa shape index (κ3) is 5.56. The summed E-state index contributed by atoms with van der Waals surface area (Å²) in [7, 11) is -4.17. The molecule has 32 heavy (non-hydrogen) atoms. The number of aryl methyl sites for hydroxylation is 2. The van der Waals surface area contributed by atoms with Gasteiger partial charge < -0.3 is 0 Å². The minimum atomic E-state index is -4.17. The third-order valence-corrected chi connectivity index (χ3v) is 6.58. The number of nitrogens with zero attached hydrogens (tertiary/aromatic N) is 2. The molecule has 0 saturated carbocycles. The van der Waals surface area contributed by atoms with E-state index in [0.29, 0.717) is 26.9 Å². The van der Waals surface area contributed by atoms with Crippen LogP contribution in [0, 0.1) is 24.0 Å². The van der Waals surface area contributed by atoms with Crippen LogP contribution in [0.1, 0.15) is 16.7 Å². The van der Waals surface area contributed by atoms with Gasteiger partial charge in [-0.2, -0.15) is 5.10 Å². The summed E-state index contributed by atoms with van der Waals surface area (Å²) in [5.74, 6) is 0. The number of halogens is 2. The van der Waals surface area contributed by atoms with Crippen LogP contribution in [0.15, 0.2) is 64.6 Å². The molecule has 0 amide bonds. The van der Waals surface area contributed by atoms with E-state index in [9.17, 15) is 18.5 Å². The van der Waals surface area contributed by atoms with Crippen LogP contribution < -0.4 is 10.1 Å². The van der Waals surface area contributed by atoms with Gasteiger partial charge in [-0.05, 0) is 49.2 Å². The van der Waals surface area contributed by atoms with Gasteiger partial charge in [0, 0.05) is 12.1 Å².